The Labute approximate surface area is 114 Å². The van der Waals surface area contributed by atoms with Crippen LogP contribution in [0.25, 0.3) is 0 Å². The van der Waals surface area contributed by atoms with Crippen LogP contribution >= 0.6 is 0 Å². The van der Waals surface area contributed by atoms with Gasteiger partial charge in [-0.25, -0.2) is 13.6 Å². The zero-order valence-corrected chi connectivity index (χ0v) is 11.1. The van der Waals surface area contributed by atoms with E-state index < -0.39 is 36.5 Å². The van der Waals surface area contributed by atoms with Gasteiger partial charge in [-0.15, -0.1) is 0 Å². The smallest absolute Gasteiger partial charge is 0.351 e. The van der Waals surface area contributed by atoms with Crippen molar-refractivity contribution >= 4 is 5.82 Å². The van der Waals surface area contributed by atoms with Gasteiger partial charge in [-0.1, -0.05) is 13.8 Å². The molecule has 1 aromatic rings. The summed E-state index contributed by atoms with van der Waals surface area (Å²) in [6.45, 7) is 3.42. The van der Waals surface area contributed by atoms with E-state index in [-0.39, 0.29) is 11.7 Å². The van der Waals surface area contributed by atoms with Gasteiger partial charge >= 0.3 is 5.69 Å². The predicted octanol–water partition coefficient (Wildman–Crippen LogP) is 0.416. The lowest BCUT2D eigenvalue weighted by atomic mass is 9.93. The Hall–Kier alpha value is -1.54. The highest BCUT2D eigenvalue weighted by Crippen LogP contribution is 2.34. The Morgan fingerprint density at radius 2 is 2.10 bits per heavy atom. The number of alkyl halides is 2. The molecule has 2 rings (SSSR count). The third-order valence-corrected chi connectivity index (χ3v) is 3.32. The number of hydrogen-bond donors (Lipinski definition) is 2. The molecule has 1 unspecified atom stereocenters. The number of nitrogens with zero attached hydrogens (tertiary/aromatic N) is 2. The Morgan fingerprint density at radius 1 is 1.45 bits per heavy atom. The van der Waals surface area contributed by atoms with E-state index in [9.17, 15) is 18.7 Å². The van der Waals surface area contributed by atoms with Crippen molar-refractivity contribution in [3.05, 3.63) is 22.7 Å². The molecule has 0 bridgehead atoms. The van der Waals surface area contributed by atoms with Crippen LogP contribution in [-0.4, -0.2) is 39.2 Å². The van der Waals surface area contributed by atoms with E-state index in [1.54, 1.807) is 13.8 Å². The number of rotatable bonds is 2. The topological polar surface area (TPSA) is 90.4 Å². The van der Waals surface area contributed by atoms with E-state index in [0.717, 1.165) is 4.57 Å². The fourth-order valence-corrected chi connectivity index (χ4v) is 2.23. The lowest BCUT2D eigenvalue weighted by molar-refractivity contribution is -0.222. The third kappa shape index (κ3) is 2.53. The summed E-state index contributed by atoms with van der Waals surface area (Å²) in [6, 6.07) is 1.29. The molecule has 6 nitrogen and oxygen atoms in total. The fourth-order valence-electron chi connectivity index (χ4n) is 2.23. The van der Waals surface area contributed by atoms with Crippen LogP contribution in [0.3, 0.4) is 0 Å². The minimum atomic E-state index is -2.16. The third-order valence-electron chi connectivity index (χ3n) is 3.32. The van der Waals surface area contributed by atoms with Gasteiger partial charge in [0.2, 0.25) is 0 Å². The minimum absolute atomic E-state index is 0.0188. The van der Waals surface area contributed by atoms with E-state index in [2.05, 4.69) is 4.98 Å². The van der Waals surface area contributed by atoms with Crippen LogP contribution in [0.5, 0.6) is 0 Å². The molecule has 0 spiro atoms. The lowest BCUT2D eigenvalue weighted by Crippen LogP contribution is -2.55. The molecule has 1 aliphatic heterocycles. The Balaban J connectivity index is 2.37. The second-order valence-corrected chi connectivity index (χ2v) is 5.16. The molecule has 20 heavy (non-hydrogen) atoms. The van der Waals surface area contributed by atoms with Crippen LogP contribution in [0.4, 0.5) is 14.6 Å². The summed E-state index contributed by atoms with van der Waals surface area (Å²) in [5.74, 6) is -0.259. The molecule has 1 aromatic heterocycles. The maximum Gasteiger partial charge on any atom is 0.351 e. The summed E-state index contributed by atoms with van der Waals surface area (Å²) < 4.78 is 34.1. The van der Waals surface area contributed by atoms with Crippen molar-refractivity contribution in [3.63, 3.8) is 0 Å². The zero-order valence-electron chi connectivity index (χ0n) is 11.1. The number of aliphatic hydroxyl groups excluding tert-OH is 1. The largest absolute Gasteiger partial charge is 0.387 e. The molecule has 0 amide bonds. The van der Waals surface area contributed by atoms with Gasteiger partial charge in [0.1, 0.15) is 11.9 Å². The first-order chi connectivity index (χ1) is 9.32. The van der Waals surface area contributed by atoms with Gasteiger partial charge in [0.05, 0.1) is 6.10 Å². The Kier molecular flexibility index (Phi) is 4.05. The molecule has 5 atom stereocenters. The number of ether oxygens (including phenoxy) is 1. The first kappa shape index (κ1) is 14.9. The summed E-state index contributed by atoms with van der Waals surface area (Å²) in [4.78, 5) is 15.1. The van der Waals surface area contributed by atoms with Gasteiger partial charge in [0.25, 0.3) is 0 Å². The van der Waals surface area contributed by atoms with E-state index in [4.69, 9.17) is 10.5 Å². The Bertz CT molecular complexity index is 537. The molecule has 1 fully saturated rings. The van der Waals surface area contributed by atoms with Crippen molar-refractivity contribution in [2.75, 3.05) is 5.73 Å². The molecule has 0 aliphatic carbocycles. The van der Waals surface area contributed by atoms with Crippen LogP contribution in [0.1, 0.15) is 20.1 Å². The number of halogens is 2. The summed E-state index contributed by atoms with van der Waals surface area (Å²) in [7, 11) is 0. The normalized spacial score (nSPS) is 34.4. The zero-order chi connectivity index (χ0) is 15.0. The highest BCUT2D eigenvalue weighted by Gasteiger charge is 2.48. The van der Waals surface area contributed by atoms with E-state index >= 15 is 0 Å². The van der Waals surface area contributed by atoms with E-state index in [1.165, 1.54) is 12.3 Å². The van der Waals surface area contributed by atoms with Gasteiger partial charge < -0.3 is 15.6 Å². The fraction of sp³-hybridized carbons (Fsp3) is 0.667. The minimum Gasteiger partial charge on any atom is -0.387 e. The number of aliphatic hydroxyl groups is 1. The molecule has 0 radical (unpaired) electrons. The molecular weight excluding hydrogens is 272 g/mol. The first-order valence-corrected chi connectivity index (χ1v) is 6.29. The van der Waals surface area contributed by atoms with Gasteiger partial charge in [-0.2, -0.15) is 4.98 Å². The number of nitrogen functional groups attached to an aromatic ring is 1. The molecule has 3 N–H and O–H groups in total. The quantitative estimate of drug-likeness (QED) is 0.823. The van der Waals surface area contributed by atoms with Gasteiger partial charge in [-0.05, 0) is 12.0 Å². The Morgan fingerprint density at radius 3 is 2.65 bits per heavy atom. The van der Waals surface area contributed by atoms with E-state index in [1.807, 2.05) is 0 Å². The molecule has 2 heterocycles. The van der Waals surface area contributed by atoms with Crippen LogP contribution < -0.4 is 11.4 Å². The van der Waals surface area contributed by atoms with Crippen molar-refractivity contribution in [3.8, 4) is 0 Å². The molecule has 0 aromatic carbocycles. The highest BCUT2D eigenvalue weighted by molar-refractivity contribution is 5.23. The van der Waals surface area contributed by atoms with Crippen molar-refractivity contribution in [2.24, 2.45) is 5.92 Å². The summed E-state index contributed by atoms with van der Waals surface area (Å²) in [5.41, 5.74) is 4.51. The molecule has 0 saturated carbocycles. The monoisotopic (exact) mass is 289 g/mol. The highest BCUT2D eigenvalue weighted by atomic mass is 19.2. The maximum absolute atomic E-state index is 14.0. The van der Waals surface area contributed by atoms with Crippen molar-refractivity contribution in [2.45, 2.75) is 44.6 Å². The number of nitrogens with two attached hydrogens (primary N) is 1. The molecule has 1 saturated heterocycles. The van der Waals surface area contributed by atoms with Crippen LogP contribution in [0.2, 0.25) is 0 Å². The average Bonchev–Trinajstić information content (AvgIpc) is 2.37. The van der Waals surface area contributed by atoms with Crippen LogP contribution in [-0.2, 0) is 4.74 Å². The molecule has 8 heteroatoms. The standard InChI is InChI=1S/C12H17F2N3O3/c1-5(2)10-9(18)7(13)8(14)11(20-10)17-4-3-6(15)16-12(17)19/h3-5,7-11,18H,1-2H3,(H2,15,16,19)/t7-,8?,9-,10-,11-/m1/s1. The second kappa shape index (κ2) is 5.45. The van der Waals surface area contributed by atoms with E-state index in [0.29, 0.717) is 0 Å². The van der Waals surface area contributed by atoms with Crippen molar-refractivity contribution < 1.29 is 18.6 Å². The lowest BCUT2D eigenvalue weighted by Gasteiger charge is -2.40. The van der Waals surface area contributed by atoms with Crippen molar-refractivity contribution in [1.29, 1.82) is 0 Å². The number of hydrogen-bond acceptors (Lipinski definition) is 5. The summed E-state index contributed by atoms with van der Waals surface area (Å²) in [5, 5.41) is 9.69. The average molecular weight is 289 g/mol. The summed E-state index contributed by atoms with van der Waals surface area (Å²) in [6.07, 6.45) is -7.05. The second-order valence-electron chi connectivity index (χ2n) is 5.16. The molecule has 1 aliphatic rings. The van der Waals surface area contributed by atoms with Crippen molar-refractivity contribution in [1.82, 2.24) is 9.55 Å². The first-order valence-electron chi connectivity index (χ1n) is 6.29. The van der Waals surface area contributed by atoms with Gasteiger partial charge in [-0.3, -0.25) is 4.57 Å². The number of aromatic nitrogens is 2. The summed E-state index contributed by atoms with van der Waals surface area (Å²) >= 11 is 0. The SMILES string of the molecule is CC(C)[C@H]1O[C@@H](n2ccc(N)nc2=O)C(F)[C@@H](F)[C@H]1O. The molecule has 112 valence electrons. The molecular formula is C12H17F2N3O3. The number of anilines is 1. The van der Waals surface area contributed by atoms with Gasteiger partial charge in [0, 0.05) is 6.20 Å². The maximum atomic E-state index is 14.0. The predicted molar refractivity (Wildman–Crippen MR) is 67.5 cm³/mol. The van der Waals surface area contributed by atoms with Gasteiger partial charge in [0.15, 0.2) is 18.6 Å². The van der Waals surface area contributed by atoms with Crippen LogP contribution in [0.15, 0.2) is 17.1 Å². The van der Waals surface area contributed by atoms with Crippen LogP contribution in [0, 0.1) is 5.92 Å².